The van der Waals surface area contributed by atoms with E-state index in [0.717, 1.165) is 5.56 Å². The van der Waals surface area contributed by atoms with E-state index in [1.807, 2.05) is 32.0 Å². The molecule has 0 aliphatic rings. The van der Waals surface area contributed by atoms with E-state index >= 15 is 0 Å². The van der Waals surface area contributed by atoms with Crippen LogP contribution in [0.15, 0.2) is 24.3 Å². The van der Waals surface area contributed by atoms with Crippen molar-refractivity contribution in [2.24, 2.45) is 0 Å². The highest BCUT2D eigenvalue weighted by Crippen LogP contribution is 2.25. The number of hydrogen-bond donors (Lipinski definition) is 1. The highest BCUT2D eigenvalue weighted by molar-refractivity contribution is 5.48. The smallest absolute Gasteiger partial charge is 0.187 e. The second-order valence-corrected chi connectivity index (χ2v) is 3.70. The largest absolute Gasteiger partial charge is 0.395 e. The van der Waals surface area contributed by atoms with Gasteiger partial charge in [-0.1, -0.05) is 43.7 Å². The van der Waals surface area contributed by atoms with Gasteiger partial charge in [-0.3, -0.25) is 0 Å². The second kappa shape index (κ2) is 3.59. The molecule has 13 heavy (non-hydrogen) atoms. The van der Waals surface area contributed by atoms with Crippen molar-refractivity contribution >= 4 is 5.69 Å². The molecule has 0 aliphatic heterocycles. The number of rotatable bonds is 2. The van der Waals surface area contributed by atoms with Crippen molar-refractivity contribution in [1.82, 2.24) is 0 Å². The molecule has 0 aliphatic carbocycles. The van der Waals surface area contributed by atoms with E-state index in [-0.39, 0.29) is 12.0 Å². The molecule has 0 unspecified atom stereocenters. The zero-order valence-electron chi connectivity index (χ0n) is 7.91. The van der Waals surface area contributed by atoms with Gasteiger partial charge in [0.05, 0.1) is 13.2 Å². The van der Waals surface area contributed by atoms with Gasteiger partial charge in [-0.15, -0.1) is 0 Å². The summed E-state index contributed by atoms with van der Waals surface area (Å²) in [5.41, 5.74) is 1.36. The maximum atomic E-state index is 9.13. The van der Waals surface area contributed by atoms with E-state index in [1.54, 1.807) is 6.07 Å². The number of nitrogens with zero attached hydrogens (tertiary/aromatic N) is 1. The first kappa shape index (κ1) is 9.76. The first-order valence-corrected chi connectivity index (χ1v) is 4.19. The van der Waals surface area contributed by atoms with Crippen molar-refractivity contribution in [1.29, 1.82) is 0 Å². The summed E-state index contributed by atoms with van der Waals surface area (Å²) in [5.74, 6) is 0. The third-order valence-corrected chi connectivity index (χ3v) is 2.15. The standard InChI is InChI=1S/C11H13NO/c1-11(2,8-13)9-5-4-6-10(7-9)12-3/h4-7,13H,8H2,1-2H3. The molecule has 1 rings (SSSR count). The van der Waals surface area contributed by atoms with Crippen molar-refractivity contribution in [3.63, 3.8) is 0 Å². The fourth-order valence-corrected chi connectivity index (χ4v) is 1.09. The summed E-state index contributed by atoms with van der Waals surface area (Å²) >= 11 is 0. The summed E-state index contributed by atoms with van der Waals surface area (Å²) in [6, 6.07) is 7.37. The third kappa shape index (κ3) is 2.07. The molecule has 2 nitrogen and oxygen atoms in total. The highest BCUT2D eigenvalue weighted by atomic mass is 16.3. The van der Waals surface area contributed by atoms with Crippen molar-refractivity contribution in [2.75, 3.05) is 6.61 Å². The molecule has 0 atom stereocenters. The fraction of sp³-hybridized carbons (Fsp3) is 0.364. The van der Waals surface area contributed by atoms with Crippen LogP contribution in [0.1, 0.15) is 19.4 Å². The molecule has 68 valence electrons. The van der Waals surface area contributed by atoms with Crippen LogP contribution in [0.5, 0.6) is 0 Å². The van der Waals surface area contributed by atoms with Gasteiger partial charge in [-0.25, -0.2) is 4.85 Å². The van der Waals surface area contributed by atoms with E-state index < -0.39 is 0 Å². The van der Waals surface area contributed by atoms with Crippen LogP contribution in [0.25, 0.3) is 4.85 Å². The topological polar surface area (TPSA) is 24.6 Å². The third-order valence-electron chi connectivity index (χ3n) is 2.15. The summed E-state index contributed by atoms with van der Waals surface area (Å²) in [6.07, 6.45) is 0. The summed E-state index contributed by atoms with van der Waals surface area (Å²) in [4.78, 5) is 3.35. The molecule has 0 saturated heterocycles. The maximum Gasteiger partial charge on any atom is 0.187 e. The quantitative estimate of drug-likeness (QED) is 0.686. The fourth-order valence-electron chi connectivity index (χ4n) is 1.09. The highest BCUT2D eigenvalue weighted by Gasteiger charge is 2.18. The van der Waals surface area contributed by atoms with Crippen molar-refractivity contribution in [3.8, 4) is 0 Å². The normalized spacial score (nSPS) is 10.9. The van der Waals surface area contributed by atoms with E-state index in [2.05, 4.69) is 4.85 Å². The van der Waals surface area contributed by atoms with Crippen LogP contribution in [0.2, 0.25) is 0 Å². The van der Waals surface area contributed by atoms with Crippen LogP contribution < -0.4 is 0 Å². The van der Waals surface area contributed by atoms with Gasteiger partial charge in [0, 0.05) is 5.41 Å². The zero-order valence-corrected chi connectivity index (χ0v) is 7.91. The Labute approximate surface area is 78.7 Å². The Morgan fingerprint density at radius 3 is 2.69 bits per heavy atom. The van der Waals surface area contributed by atoms with Gasteiger partial charge >= 0.3 is 0 Å². The van der Waals surface area contributed by atoms with E-state index in [4.69, 9.17) is 11.7 Å². The molecular weight excluding hydrogens is 162 g/mol. The molecule has 1 aromatic carbocycles. The first-order valence-electron chi connectivity index (χ1n) is 4.19. The molecule has 0 spiro atoms. The lowest BCUT2D eigenvalue weighted by molar-refractivity contribution is 0.218. The number of aliphatic hydroxyl groups is 1. The Bertz CT molecular complexity index is 336. The number of hydrogen-bond acceptors (Lipinski definition) is 1. The van der Waals surface area contributed by atoms with Crippen molar-refractivity contribution in [2.45, 2.75) is 19.3 Å². The Hall–Kier alpha value is -1.33. The summed E-state index contributed by atoms with van der Waals surface area (Å²) in [6.45, 7) is 10.9. The molecule has 0 aromatic heterocycles. The van der Waals surface area contributed by atoms with Gasteiger partial charge in [-0.2, -0.15) is 0 Å². The van der Waals surface area contributed by atoms with Gasteiger partial charge in [0.25, 0.3) is 0 Å². The van der Waals surface area contributed by atoms with Gasteiger partial charge in [0.15, 0.2) is 5.69 Å². The lowest BCUT2D eigenvalue weighted by Gasteiger charge is -2.22. The zero-order chi connectivity index (χ0) is 9.90. The lowest BCUT2D eigenvalue weighted by Crippen LogP contribution is -2.21. The Morgan fingerprint density at radius 1 is 1.46 bits per heavy atom. The molecule has 0 radical (unpaired) electrons. The minimum Gasteiger partial charge on any atom is -0.395 e. The molecular formula is C11H13NO. The summed E-state index contributed by atoms with van der Waals surface area (Å²) in [5, 5.41) is 9.13. The lowest BCUT2D eigenvalue weighted by atomic mass is 9.85. The Balaban J connectivity index is 3.10. The predicted octanol–water partition coefficient (Wildman–Crippen LogP) is 2.51. The van der Waals surface area contributed by atoms with Gasteiger partial charge < -0.3 is 5.11 Å². The van der Waals surface area contributed by atoms with Crippen LogP contribution in [-0.2, 0) is 5.41 Å². The SMILES string of the molecule is [C-]#[N+]c1cccc(C(C)(C)CO)c1. The van der Waals surface area contributed by atoms with Crippen LogP contribution in [0.3, 0.4) is 0 Å². The van der Waals surface area contributed by atoms with Crippen LogP contribution in [0.4, 0.5) is 5.69 Å². The van der Waals surface area contributed by atoms with Crippen LogP contribution in [-0.4, -0.2) is 11.7 Å². The molecule has 0 amide bonds. The molecule has 0 heterocycles. The van der Waals surface area contributed by atoms with Crippen molar-refractivity contribution in [3.05, 3.63) is 41.2 Å². The van der Waals surface area contributed by atoms with Gasteiger partial charge in [0.1, 0.15) is 0 Å². The average molecular weight is 175 g/mol. The Kier molecular flexibility index (Phi) is 2.69. The first-order chi connectivity index (χ1) is 6.10. The summed E-state index contributed by atoms with van der Waals surface area (Å²) in [7, 11) is 0. The molecule has 2 heteroatoms. The van der Waals surface area contributed by atoms with E-state index in [9.17, 15) is 0 Å². The monoisotopic (exact) mass is 175 g/mol. The minimum absolute atomic E-state index is 0.0917. The number of aliphatic hydroxyl groups excluding tert-OH is 1. The summed E-state index contributed by atoms with van der Waals surface area (Å²) < 4.78 is 0. The molecule has 0 bridgehead atoms. The van der Waals surface area contributed by atoms with Crippen LogP contribution >= 0.6 is 0 Å². The molecule has 0 saturated carbocycles. The predicted molar refractivity (Wildman–Crippen MR) is 52.8 cm³/mol. The molecule has 1 aromatic rings. The second-order valence-electron chi connectivity index (χ2n) is 3.70. The average Bonchev–Trinajstić information content (AvgIpc) is 2.18. The Morgan fingerprint density at radius 2 is 2.15 bits per heavy atom. The maximum absolute atomic E-state index is 9.13. The minimum atomic E-state index is -0.263. The van der Waals surface area contributed by atoms with Gasteiger partial charge in [-0.05, 0) is 0 Å². The number of benzene rings is 1. The van der Waals surface area contributed by atoms with E-state index in [0.29, 0.717) is 5.69 Å². The molecule has 0 fully saturated rings. The molecule has 1 N–H and O–H groups in total. The van der Waals surface area contributed by atoms with Crippen LogP contribution in [0, 0.1) is 6.57 Å². The van der Waals surface area contributed by atoms with Gasteiger partial charge in [0.2, 0.25) is 0 Å². The van der Waals surface area contributed by atoms with E-state index in [1.165, 1.54) is 0 Å². The van der Waals surface area contributed by atoms with Crippen molar-refractivity contribution < 1.29 is 5.11 Å².